The number of halogens is 2. The molecule has 0 bridgehead atoms. The summed E-state index contributed by atoms with van der Waals surface area (Å²) < 4.78 is 21.6. The van der Waals surface area contributed by atoms with E-state index in [9.17, 15) is 8.78 Å². The van der Waals surface area contributed by atoms with Gasteiger partial charge in [-0.25, -0.2) is 4.39 Å². The molecule has 1 nitrogen and oxygen atoms in total. The van der Waals surface area contributed by atoms with Crippen LogP contribution in [0.4, 0.5) is 14.5 Å². The molecule has 0 aliphatic rings. The van der Waals surface area contributed by atoms with Gasteiger partial charge in [-0.3, -0.25) is 4.39 Å². The van der Waals surface area contributed by atoms with E-state index in [-0.39, 0.29) is 0 Å². The summed E-state index contributed by atoms with van der Waals surface area (Å²) in [4.78, 5) is 0. The first-order chi connectivity index (χ1) is 6.74. The van der Waals surface area contributed by atoms with E-state index in [0.717, 1.165) is 5.56 Å². The number of aryl methyl sites for hydroxylation is 1. The zero-order chi connectivity index (χ0) is 11.6. The van der Waals surface area contributed by atoms with E-state index in [1.54, 1.807) is 12.1 Å². The Labute approximate surface area is 84.9 Å². The van der Waals surface area contributed by atoms with Gasteiger partial charge < -0.3 is 5.73 Å². The molecule has 1 aromatic carbocycles. The van der Waals surface area contributed by atoms with Crippen LogP contribution in [0, 0.1) is 6.92 Å². The first-order valence-corrected chi connectivity index (χ1v) is 4.53. The molecular weight excluding hydrogens is 184 g/mol. The van der Waals surface area contributed by atoms with Crippen molar-refractivity contribution >= 4 is 5.69 Å². The van der Waals surface area contributed by atoms with Gasteiger partial charge in [-0.2, -0.15) is 0 Å². The highest BCUT2D eigenvalue weighted by atomic mass is 19.1. The lowest BCUT2D eigenvalue weighted by Crippen LogP contribution is -1.91. The summed E-state index contributed by atoms with van der Waals surface area (Å²) in [5, 5.41) is 0. The molecule has 0 amide bonds. The van der Waals surface area contributed by atoms with Gasteiger partial charge in [0, 0.05) is 11.3 Å². The third-order valence-corrected chi connectivity index (χ3v) is 1.44. The van der Waals surface area contributed by atoms with Crippen molar-refractivity contribution in [1.29, 1.82) is 0 Å². The number of nitrogen functional groups attached to an aromatic ring is 1. The molecule has 0 heterocycles. The van der Waals surface area contributed by atoms with Crippen molar-refractivity contribution in [3.8, 4) is 0 Å². The van der Waals surface area contributed by atoms with E-state index < -0.39 is 6.67 Å². The van der Waals surface area contributed by atoms with Gasteiger partial charge in [0.2, 0.25) is 0 Å². The number of alkyl halides is 2. The van der Waals surface area contributed by atoms with Crippen LogP contribution in [0.3, 0.4) is 0 Å². The minimum Gasteiger partial charge on any atom is -0.398 e. The Balaban J connectivity index is 0. The highest BCUT2D eigenvalue weighted by Crippen LogP contribution is 2.14. The molecule has 0 saturated heterocycles. The van der Waals surface area contributed by atoms with Crippen molar-refractivity contribution < 1.29 is 8.78 Å². The van der Waals surface area contributed by atoms with Crippen LogP contribution in [-0.2, 0) is 6.67 Å². The first-order valence-electron chi connectivity index (χ1n) is 4.53. The number of hydrogen-bond acceptors (Lipinski definition) is 1. The largest absolute Gasteiger partial charge is 0.398 e. The molecule has 3 heteroatoms. The van der Waals surface area contributed by atoms with E-state index in [2.05, 4.69) is 0 Å². The molecular formula is C11H19F2N. The zero-order valence-electron chi connectivity index (χ0n) is 9.27. The van der Waals surface area contributed by atoms with Crippen molar-refractivity contribution in [3.63, 3.8) is 0 Å². The molecule has 82 valence electrons. The summed E-state index contributed by atoms with van der Waals surface area (Å²) in [7, 11) is 0.500. The van der Waals surface area contributed by atoms with Crippen molar-refractivity contribution in [2.45, 2.75) is 27.4 Å². The second-order valence-electron chi connectivity index (χ2n) is 2.34. The van der Waals surface area contributed by atoms with Gasteiger partial charge in [0.15, 0.2) is 0 Å². The quantitative estimate of drug-likeness (QED) is 0.692. The predicted octanol–water partition coefficient (Wildman–Crippen LogP) is 3.66. The van der Waals surface area contributed by atoms with Crippen molar-refractivity contribution in [2.24, 2.45) is 0 Å². The zero-order valence-corrected chi connectivity index (χ0v) is 9.27. The maximum Gasteiger partial charge on any atom is 0.117 e. The summed E-state index contributed by atoms with van der Waals surface area (Å²) in [6.45, 7) is 5.44. The fourth-order valence-corrected chi connectivity index (χ4v) is 0.850. The third-order valence-electron chi connectivity index (χ3n) is 1.44. The van der Waals surface area contributed by atoms with Crippen molar-refractivity contribution in [2.75, 3.05) is 12.9 Å². The van der Waals surface area contributed by atoms with Crippen LogP contribution in [-0.4, -0.2) is 7.18 Å². The second kappa shape index (κ2) is 9.96. The highest BCUT2D eigenvalue weighted by Gasteiger charge is 1.96. The summed E-state index contributed by atoms with van der Waals surface area (Å²) >= 11 is 0. The molecule has 0 spiro atoms. The number of hydrogen-bond donors (Lipinski definition) is 1. The number of rotatable bonds is 1. The van der Waals surface area contributed by atoms with Gasteiger partial charge in [0.05, 0.1) is 7.18 Å². The normalized spacial score (nSPS) is 7.86. The lowest BCUT2D eigenvalue weighted by Gasteiger charge is -2.00. The standard InChI is InChI=1S/C8H10FN.C2H6.CH3F/c1-6-2-3-8(10)7(4-6)5-9;2*1-2/h2-4H,5,10H2,1H3;1-2H3;1H3. The predicted molar refractivity (Wildman–Crippen MR) is 58.8 cm³/mol. The molecule has 0 atom stereocenters. The molecule has 1 aromatic rings. The van der Waals surface area contributed by atoms with Crippen LogP contribution in [0.2, 0.25) is 0 Å². The smallest absolute Gasteiger partial charge is 0.117 e. The lowest BCUT2D eigenvalue weighted by atomic mass is 10.1. The number of nitrogens with two attached hydrogens (primary N) is 1. The Morgan fingerprint density at radius 3 is 2.07 bits per heavy atom. The first kappa shape index (κ1) is 15.4. The van der Waals surface area contributed by atoms with Gasteiger partial charge in [0.1, 0.15) is 6.67 Å². The maximum atomic E-state index is 12.1. The Kier molecular flexibility index (Phi) is 10.9. The summed E-state index contributed by atoms with van der Waals surface area (Å²) in [6.07, 6.45) is 0. The SMILES string of the molecule is CC.CF.Cc1ccc(N)c(CF)c1. The number of benzene rings is 1. The Morgan fingerprint density at radius 2 is 1.71 bits per heavy atom. The molecule has 2 N–H and O–H groups in total. The molecule has 0 aliphatic heterocycles. The summed E-state index contributed by atoms with van der Waals surface area (Å²) in [6, 6.07) is 5.36. The topological polar surface area (TPSA) is 26.0 Å². The maximum absolute atomic E-state index is 12.1. The molecule has 0 radical (unpaired) electrons. The molecule has 0 fully saturated rings. The minimum atomic E-state index is -0.479. The van der Waals surface area contributed by atoms with E-state index in [1.807, 2.05) is 26.8 Å². The summed E-state index contributed by atoms with van der Waals surface area (Å²) in [5.41, 5.74) is 7.62. The number of anilines is 1. The van der Waals surface area contributed by atoms with Gasteiger partial charge in [-0.15, -0.1) is 0 Å². The van der Waals surface area contributed by atoms with Crippen LogP contribution < -0.4 is 5.73 Å². The molecule has 0 unspecified atom stereocenters. The average Bonchev–Trinajstić information content (AvgIpc) is 2.27. The molecule has 0 saturated carbocycles. The molecule has 1 rings (SSSR count). The third kappa shape index (κ3) is 5.51. The van der Waals surface area contributed by atoms with Crippen LogP contribution >= 0.6 is 0 Å². The molecule has 0 aliphatic carbocycles. The van der Waals surface area contributed by atoms with Gasteiger partial charge in [-0.05, 0) is 13.0 Å². The van der Waals surface area contributed by atoms with Crippen LogP contribution in [0.1, 0.15) is 25.0 Å². The van der Waals surface area contributed by atoms with Gasteiger partial charge >= 0.3 is 0 Å². The van der Waals surface area contributed by atoms with Crippen molar-refractivity contribution in [3.05, 3.63) is 29.3 Å². The van der Waals surface area contributed by atoms with Crippen molar-refractivity contribution in [1.82, 2.24) is 0 Å². The van der Waals surface area contributed by atoms with Crippen LogP contribution in [0.5, 0.6) is 0 Å². The second-order valence-corrected chi connectivity index (χ2v) is 2.34. The highest BCUT2D eigenvalue weighted by molar-refractivity contribution is 5.47. The van der Waals surface area contributed by atoms with E-state index in [1.165, 1.54) is 0 Å². The minimum absolute atomic E-state index is 0.479. The van der Waals surface area contributed by atoms with Gasteiger partial charge in [0.25, 0.3) is 0 Å². The van der Waals surface area contributed by atoms with Crippen LogP contribution in [0.15, 0.2) is 18.2 Å². The van der Waals surface area contributed by atoms with Gasteiger partial charge in [-0.1, -0.05) is 31.5 Å². The fourth-order valence-electron chi connectivity index (χ4n) is 0.850. The summed E-state index contributed by atoms with van der Waals surface area (Å²) in [5.74, 6) is 0. The molecule has 14 heavy (non-hydrogen) atoms. The monoisotopic (exact) mass is 203 g/mol. The van der Waals surface area contributed by atoms with Crippen LogP contribution in [0.25, 0.3) is 0 Å². The Bertz CT molecular complexity index is 237. The van der Waals surface area contributed by atoms with E-state index in [4.69, 9.17) is 5.73 Å². The van der Waals surface area contributed by atoms with E-state index in [0.29, 0.717) is 18.4 Å². The Hall–Kier alpha value is -1.12. The lowest BCUT2D eigenvalue weighted by molar-refractivity contribution is 0.486. The van der Waals surface area contributed by atoms with E-state index >= 15 is 0 Å². The average molecular weight is 203 g/mol. The Morgan fingerprint density at radius 1 is 1.21 bits per heavy atom. The fraction of sp³-hybridized carbons (Fsp3) is 0.455. The molecule has 0 aromatic heterocycles.